The van der Waals surface area contributed by atoms with Crippen LogP contribution in [0.5, 0.6) is 0 Å². The average molecular weight is 684 g/mol. The molecule has 2 aromatic heterocycles. The van der Waals surface area contributed by atoms with E-state index in [1.54, 1.807) is 4.90 Å². The number of aromatic nitrogens is 4. The van der Waals surface area contributed by atoms with E-state index < -0.39 is 47.6 Å². The van der Waals surface area contributed by atoms with Crippen LogP contribution in [0.3, 0.4) is 0 Å². The van der Waals surface area contributed by atoms with Crippen molar-refractivity contribution in [1.82, 2.24) is 34.9 Å². The third kappa shape index (κ3) is 6.76. The molecule has 1 aliphatic heterocycles. The highest BCUT2D eigenvalue weighted by Crippen LogP contribution is 2.53. The van der Waals surface area contributed by atoms with E-state index in [9.17, 15) is 36.3 Å². The van der Waals surface area contributed by atoms with Crippen LogP contribution in [0, 0.1) is 0 Å². The lowest BCUT2D eigenvalue weighted by atomic mass is 9.88. The van der Waals surface area contributed by atoms with Crippen molar-refractivity contribution in [1.29, 1.82) is 0 Å². The minimum Gasteiger partial charge on any atom is -0.349 e. The van der Waals surface area contributed by atoms with Crippen LogP contribution in [0.2, 0.25) is 5.02 Å². The zero-order chi connectivity index (χ0) is 33.8. The van der Waals surface area contributed by atoms with Gasteiger partial charge in [-0.25, -0.2) is 18.6 Å². The van der Waals surface area contributed by atoms with Gasteiger partial charge in [-0.2, -0.15) is 18.3 Å². The monoisotopic (exact) mass is 683 g/mol. The maximum absolute atomic E-state index is 13.7. The summed E-state index contributed by atoms with van der Waals surface area (Å²) in [7, 11) is 1.31. The normalized spacial score (nSPS) is 22.4. The Bertz CT molecular complexity index is 1710. The number of nitrogens with zero attached hydrogens (tertiary/aromatic N) is 5. The Labute approximate surface area is 269 Å². The van der Waals surface area contributed by atoms with Gasteiger partial charge < -0.3 is 31.2 Å². The van der Waals surface area contributed by atoms with E-state index in [0.29, 0.717) is 30.6 Å². The van der Waals surface area contributed by atoms with Gasteiger partial charge in [0.05, 0.1) is 28.0 Å². The molecule has 252 valence electrons. The molecule has 3 aromatic rings. The zero-order valence-electron chi connectivity index (χ0n) is 25.0. The molecule has 18 heteroatoms. The van der Waals surface area contributed by atoms with Crippen LogP contribution in [0.15, 0.2) is 30.6 Å². The number of imidazole rings is 1. The van der Waals surface area contributed by atoms with Crippen LogP contribution in [-0.4, -0.2) is 79.2 Å². The predicted octanol–water partition coefficient (Wildman–Crippen LogP) is 4.18. The number of likely N-dealkylation sites (tertiary alicyclic amines) is 1. The van der Waals surface area contributed by atoms with Crippen molar-refractivity contribution in [2.75, 3.05) is 18.4 Å². The van der Waals surface area contributed by atoms with Gasteiger partial charge in [-0.15, -0.1) is 0 Å². The van der Waals surface area contributed by atoms with Gasteiger partial charge in [0.15, 0.2) is 11.5 Å². The molecule has 4 amide bonds. The first kappa shape index (κ1) is 32.7. The van der Waals surface area contributed by atoms with Gasteiger partial charge in [0.2, 0.25) is 0 Å². The smallest absolute Gasteiger partial charge is 0.349 e. The van der Waals surface area contributed by atoms with Crippen LogP contribution in [0.1, 0.15) is 64.8 Å². The van der Waals surface area contributed by atoms with Crippen LogP contribution < -0.4 is 21.7 Å². The molecule has 3 fully saturated rings. The Morgan fingerprint density at radius 1 is 1.06 bits per heavy atom. The molecule has 1 aromatic carbocycles. The first-order chi connectivity index (χ1) is 22.1. The summed E-state index contributed by atoms with van der Waals surface area (Å²) in [6, 6.07) is 2.62. The summed E-state index contributed by atoms with van der Waals surface area (Å²) >= 11 is 6.37. The lowest BCUT2D eigenvalue weighted by Gasteiger charge is -2.37. The number of nitrogens with one attached hydrogen (secondary N) is 3. The van der Waals surface area contributed by atoms with E-state index in [-0.39, 0.29) is 51.9 Å². The van der Waals surface area contributed by atoms with Crippen molar-refractivity contribution >= 4 is 35.1 Å². The molecule has 5 N–H and O–H groups in total. The minimum absolute atomic E-state index is 0.0375. The number of hydrogen-bond donors (Lipinski definition) is 4. The molecular weight excluding hydrogens is 653 g/mol. The summed E-state index contributed by atoms with van der Waals surface area (Å²) in [5.41, 5.74) is 4.09. The minimum atomic E-state index is -4.94. The fourth-order valence-electron chi connectivity index (χ4n) is 5.80. The maximum Gasteiger partial charge on any atom is 0.435 e. The lowest BCUT2D eigenvalue weighted by Crippen LogP contribution is -2.56. The van der Waals surface area contributed by atoms with Gasteiger partial charge in [0, 0.05) is 56.6 Å². The van der Waals surface area contributed by atoms with Crippen molar-refractivity contribution in [3.8, 4) is 11.3 Å². The number of carbonyl (C=O) groups excluding carboxylic acids is 3. The standard InChI is InChI=1S/C29H31ClF5N9O3/c1-42-21(19-13-44(22-11-28(22,31)32)41-23(19)29(33,34)35)12-37-24(42)26(46)39-16-2-3-18(20(30)10-16)25(45)38-15-4-6-43(7-5-15)27(47)40-17-8-14(36)9-17/h2-3,10,12-15,17,22H,4-9,11,36H2,1H3,(H,38,45)(H,39,46)(H,40,47). The molecule has 3 aliphatic rings. The van der Waals surface area contributed by atoms with Crippen molar-refractivity contribution in [3.05, 3.63) is 52.7 Å². The largest absolute Gasteiger partial charge is 0.435 e. The third-order valence-corrected chi connectivity index (χ3v) is 8.98. The van der Waals surface area contributed by atoms with Crippen LogP contribution in [0.4, 0.5) is 32.4 Å². The molecule has 2 saturated carbocycles. The summed E-state index contributed by atoms with van der Waals surface area (Å²) in [6.45, 7) is 0.943. The van der Waals surface area contributed by atoms with Gasteiger partial charge >= 0.3 is 12.2 Å². The van der Waals surface area contributed by atoms with E-state index in [1.807, 2.05) is 0 Å². The van der Waals surface area contributed by atoms with E-state index in [0.717, 1.165) is 29.8 Å². The number of alkyl halides is 5. The molecule has 0 spiro atoms. The first-order valence-corrected chi connectivity index (χ1v) is 15.3. The zero-order valence-corrected chi connectivity index (χ0v) is 25.7. The summed E-state index contributed by atoms with van der Waals surface area (Å²) in [4.78, 5) is 44.1. The second kappa shape index (κ2) is 12.1. The fourth-order valence-corrected chi connectivity index (χ4v) is 6.07. The van der Waals surface area contributed by atoms with Crippen molar-refractivity contribution in [3.63, 3.8) is 0 Å². The van der Waals surface area contributed by atoms with Crippen LogP contribution in [0.25, 0.3) is 11.3 Å². The predicted molar refractivity (Wildman–Crippen MR) is 159 cm³/mol. The number of halogens is 6. The number of urea groups is 1. The quantitative estimate of drug-likeness (QED) is 0.274. The van der Waals surface area contributed by atoms with Gasteiger partial charge in [-0.1, -0.05) is 11.6 Å². The summed E-state index contributed by atoms with van der Waals surface area (Å²) in [5, 5.41) is 11.8. The Hall–Kier alpha value is -4.25. The SMILES string of the molecule is Cn1c(-c2cn(C3CC3(F)F)nc2C(F)(F)F)cnc1C(=O)Nc1ccc(C(=O)NC2CCN(C(=O)NC3CC(N)C3)CC2)c(Cl)c1. The Kier molecular flexibility index (Phi) is 8.40. The van der Waals surface area contributed by atoms with Crippen molar-refractivity contribution in [2.45, 2.75) is 68.4 Å². The summed E-state index contributed by atoms with van der Waals surface area (Å²) < 4.78 is 70.0. The molecular formula is C29H31ClF5N9O3. The van der Waals surface area contributed by atoms with Gasteiger partial charge in [-0.3, -0.25) is 14.3 Å². The highest BCUT2D eigenvalue weighted by molar-refractivity contribution is 6.34. The number of hydrogen-bond acceptors (Lipinski definition) is 6. The molecule has 0 radical (unpaired) electrons. The Morgan fingerprint density at radius 2 is 1.74 bits per heavy atom. The average Bonchev–Trinajstić information content (AvgIpc) is 3.28. The number of rotatable bonds is 7. The molecule has 1 atom stereocenters. The van der Waals surface area contributed by atoms with E-state index in [4.69, 9.17) is 17.3 Å². The first-order valence-electron chi connectivity index (χ1n) is 14.9. The Balaban J connectivity index is 1.07. The highest BCUT2D eigenvalue weighted by Gasteiger charge is 2.59. The highest BCUT2D eigenvalue weighted by atomic mass is 35.5. The number of amides is 4. The van der Waals surface area contributed by atoms with Gasteiger partial charge in [-0.05, 0) is 43.9 Å². The molecule has 1 unspecified atom stereocenters. The van der Waals surface area contributed by atoms with Crippen LogP contribution >= 0.6 is 11.6 Å². The number of piperidine rings is 1. The summed E-state index contributed by atoms with van der Waals surface area (Å²) in [6.07, 6.45) is -1.03. The number of nitrogens with two attached hydrogens (primary N) is 1. The lowest BCUT2D eigenvalue weighted by molar-refractivity contribution is -0.141. The van der Waals surface area contributed by atoms with Crippen molar-refractivity contribution in [2.24, 2.45) is 12.8 Å². The van der Waals surface area contributed by atoms with Crippen LogP contribution in [-0.2, 0) is 13.2 Å². The topological polar surface area (TPSA) is 152 Å². The number of anilines is 1. The van der Waals surface area contributed by atoms with Crippen molar-refractivity contribution < 1.29 is 36.3 Å². The number of benzene rings is 1. The molecule has 6 rings (SSSR count). The summed E-state index contributed by atoms with van der Waals surface area (Å²) in [5.74, 6) is -4.65. The second-order valence-corrected chi connectivity index (χ2v) is 12.5. The third-order valence-electron chi connectivity index (χ3n) is 8.67. The molecule has 2 aliphatic carbocycles. The Morgan fingerprint density at radius 3 is 2.34 bits per heavy atom. The van der Waals surface area contributed by atoms with E-state index in [1.165, 1.54) is 25.2 Å². The molecule has 12 nitrogen and oxygen atoms in total. The molecule has 1 saturated heterocycles. The fraction of sp³-hybridized carbons (Fsp3) is 0.483. The van der Waals surface area contributed by atoms with E-state index in [2.05, 4.69) is 26.0 Å². The molecule has 47 heavy (non-hydrogen) atoms. The van der Waals surface area contributed by atoms with Gasteiger partial charge in [0.25, 0.3) is 17.7 Å². The maximum atomic E-state index is 13.7. The number of carbonyl (C=O) groups is 3. The molecule has 3 heterocycles. The molecule has 0 bridgehead atoms. The second-order valence-electron chi connectivity index (χ2n) is 12.1. The van der Waals surface area contributed by atoms with Gasteiger partial charge in [0.1, 0.15) is 6.04 Å². The van der Waals surface area contributed by atoms with E-state index >= 15 is 0 Å².